The topological polar surface area (TPSA) is 111 Å². The van der Waals surface area contributed by atoms with Crippen molar-refractivity contribution in [1.82, 2.24) is 29.8 Å². The summed E-state index contributed by atoms with van der Waals surface area (Å²) >= 11 is 18.1. The maximum Gasteiger partial charge on any atom is 0.166 e. The molecule has 0 aliphatic carbocycles. The Morgan fingerprint density at radius 3 is 2.56 bits per heavy atom. The minimum atomic E-state index is -1.18. The van der Waals surface area contributed by atoms with Crippen LogP contribution in [-0.4, -0.2) is 58.8 Å². The van der Waals surface area contributed by atoms with Gasteiger partial charge in [-0.05, 0) is 30.3 Å². The van der Waals surface area contributed by atoms with Crippen molar-refractivity contribution in [3.8, 4) is 16.9 Å². The van der Waals surface area contributed by atoms with Crippen LogP contribution in [0.25, 0.3) is 16.9 Å². The van der Waals surface area contributed by atoms with E-state index in [1.165, 1.54) is 17.2 Å². The van der Waals surface area contributed by atoms with Crippen LogP contribution in [0.4, 0.5) is 8.78 Å². The average molecular weight is 558 g/mol. The number of aliphatic hydroxyl groups excluding tert-OH is 2. The monoisotopic (exact) mass is 556 g/mol. The third-order valence-corrected chi connectivity index (χ3v) is 6.82. The van der Waals surface area contributed by atoms with E-state index in [1.54, 1.807) is 22.8 Å². The van der Waals surface area contributed by atoms with Gasteiger partial charge in [0, 0.05) is 17.0 Å². The van der Waals surface area contributed by atoms with Crippen LogP contribution in [0.1, 0.15) is 24.4 Å². The van der Waals surface area contributed by atoms with Crippen molar-refractivity contribution in [2.75, 3.05) is 6.61 Å². The van der Waals surface area contributed by atoms with E-state index in [1.807, 2.05) is 0 Å². The molecule has 3 heterocycles. The lowest BCUT2D eigenvalue weighted by Crippen LogP contribution is -2.45. The largest absolute Gasteiger partial charge is 0.394 e. The zero-order valence-corrected chi connectivity index (χ0v) is 20.4. The van der Waals surface area contributed by atoms with Crippen molar-refractivity contribution in [3.05, 3.63) is 75.4 Å². The molecular formula is C22H17Cl3F2N6O3. The van der Waals surface area contributed by atoms with Crippen molar-refractivity contribution >= 4 is 34.8 Å². The number of nitrogens with zero attached hydrogens (tertiary/aromatic N) is 6. The van der Waals surface area contributed by atoms with Crippen LogP contribution >= 0.6 is 34.8 Å². The van der Waals surface area contributed by atoms with Gasteiger partial charge in [0.25, 0.3) is 0 Å². The summed E-state index contributed by atoms with van der Waals surface area (Å²) < 4.78 is 36.8. The molecular weight excluding hydrogens is 541 g/mol. The summed E-state index contributed by atoms with van der Waals surface area (Å²) in [6.07, 6.45) is 0.122. The Balaban J connectivity index is 1.48. The van der Waals surface area contributed by atoms with E-state index in [9.17, 15) is 19.0 Å². The van der Waals surface area contributed by atoms with Crippen molar-refractivity contribution in [3.63, 3.8) is 0 Å². The lowest BCUT2D eigenvalue weighted by molar-refractivity contribution is -0.161. The summed E-state index contributed by atoms with van der Waals surface area (Å²) in [7, 11) is 0. The average Bonchev–Trinajstić information content (AvgIpc) is 3.54. The molecule has 188 valence electrons. The fourth-order valence-electron chi connectivity index (χ4n) is 4.13. The molecule has 1 aliphatic heterocycles. The number of benzene rings is 2. The van der Waals surface area contributed by atoms with Crippen LogP contribution in [0.3, 0.4) is 0 Å². The molecule has 4 unspecified atom stereocenters. The van der Waals surface area contributed by atoms with Gasteiger partial charge in [-0.3, -0.25) is 4.57 Å². The predicted molar refractivity (Wildman–Crippen MR) is 126 cm³/mol. The van der Waals surface area contributed by atoms with Gasteiger partial charge in [-0.1, -0.05) is 40.0 Å². The maximum absolute atomic E-state index is 13.9. The fraction of sp³-hybridized carbons (Fsp3) is 0.273. The molecule has 4 aromatic rings. The molecule has 2 N–H and O–H groups in total. The van der Waals surface area contributed by atoms with Gasteiger partial charge >= 0.3 is 0 Å². The van der Waals surface area contributed by atoms with E-state index in [0.717, 1.165) is 12.1 Å². The van der Waals surface area contributed by atoms with E-state index in [2.05, 4.69) is 20.5 Å². The van der Waals surface area contributed by atoms with Gasteiger partial charge in [0.05, 0.1) is 29.6 Å². The van der Waals surface area contributed by atoms with E-state index in [4.69, 9.17) is 39.5 Å². The van der Waals surface area contributed by atoms with E-state index < -0.39 is 47.6 Å². The zero-order valence-electron chi connectivity index (χ0n) is 18.1. The van der Waals surface area contributed by atoms with Gasteiger partial charge in [0.2, 0.25) is 0 Å². The van der Waals surface area contributed by atoms with Gasteiger partial charge in [0.15, 0.2) is 5.82 Å². The maximum atomic E-state index is 13.9. The van der Waals surface area contributed by atoms with Gasteiger partial charge in [-0.2, -0.15) is 0 Å². The second-order valence-corrected chi connectivity index (χ2v) is 9.35. The number of hydrogen-bond donors (Lipinski definition) is 2. The number of hydrogen-bond acceptors (Lipinski definition) is 7. The highest BCUT2D eigenvalue weighted by Gasteiger charge is 2.41. The van der Waals surface area contributed by atoms with Crippen LogP contribution in [0.5, 0.6) is 0 Å². The summed E-state index contributed by atoms with van der Waals surface area (Å²) in [5, 5.41) is 37.2. The summed E-state index contributed by atoms with van der Waals surface area (Å²) in [6.45, 7) is -0.491. The Labute approximate surface area is 217 Å². The van der Waals surface area contributed by atoms with Gasteiger partial charge in [-0.25, -0.2) is 13.5 Å². The van der Waals surface area contributed by atoms with Crippen LogP contribution in [0.2, 0.25) is 15.1 Å². The third kappa shape index (κ3) is 4.58. The first-order valence-corrected chi connectivity index (χ1v) is 11.8. The molecule has 0 radical (unpaired) electrons. The Morgan fingerprint density at radius 1 is 1.08 bits per heavy atom. The molecule has 1 aliphatic rings. The Morgan fingerprint density at radius 2 is 1.83 bits per heavy atom. The van der Waals surface area contributed by atoms with Gasteiger partial charge in [-0.15, -0.1) is 15.3 Å². The third-order valence-electron chi connectivity index (χ3n) is 5.91. The fourth-order valence-corrected chi connectivity index (χ4v) is 4.61. The van der Waals surface area contributed by atoms with Crippen LogP contribution in [0, 0.1) is 11.6 Å². The molecule has 0 saturated carbocycles. The zero-order chi connectivity index (χ0) is 25.6. The van der Waals surface area contributed by atoms with Crippen molar-refractivity contribution in [2.45, 2.75) is 30.8 Å². The number of aromatic nitrogens is 6. The summed E-state index contributed by atoms with van der Waals surface area (Å²) in [6, 6.07) is 6.26. The molecule has 1 fully saturated rings. The summed E-state index contributed by atoms with van der Waals surface area (Å²) in [5.41, 5.74) is 0.799. The number of halogens is 5. The lowest BCUT2D eigenvalue weighted by atomic mass is 9.95. The van der Waals surface area contributed by atoms with Crippen LogP contribution < -0.4 is 0 Å². The molecule has 1 saturated heterocycles. The van der Waals surface area contributed by atoms with Crippen LogP contribution in [-0.2, 0) is 4.74 Å². The van der Waals surface area contributed by atoms with E-state index in [0.29, 0.717) is 21.6 Å². The molecule has 2 aromatic heterocycles. The standard InChI is InChI=1S/C22H17Cl3F2N6O3/c23-11-1-2-12(24)16(5-11)32-9-28-30-22(32)18-6-17(21(35)19(8-34)36-18)33-7-15(29-31-33)10-3-13(26)20(25)14(27)4-10/h1-5,7,9,17-19,21,34-35H,6,8H2. The van der Waals surface area contributed by atoms with Gasteiger partial charge in [0.1, 0.15) is 47.0 Å². The number of aliphatic hydroxyl groups is 2. The number of rotatable bonds is 5. The highest BCUT2D eigenvalue weighted by atomic mass is 35.5. The van der Waals surface area contributed by atoms with Crippen molar-refractivity contribution < 1.29 is 23.7 Å². The minimum absolute atomic E-state index is 0.118. The molecule has 36 heavy (non-hydrogen) atoms. The van der Waals surface area contributed by atoms with Crippen molar-refractivity contribution in [2.24, 2.45) is 0 Å². The molecule has 0 bridgehead atoms. The molecule has 5 rings (SSSR count). The first kappa shape index (κ1) is 25.0. The Hall–Kier alpha value is -2.67. The first-order chi connectivity index (χ1) is 17.3. The second kappa shape index (κ2) is 10.0. The highest BCUT2D eigenvalue weighted by Crippen LogP contribution is 2.39. The van der Waals surface area contributed by atoms with E-state index in [-0.39, 0.29) is 17.7 Å². The van der Waals surface area contributed by atoms with Crippen molar-refractivity contribution in [1.29, 1.82) is 0 Å². The molecule has 4 atom stereocenters. The Bertz CT molecular complexity index is 1390. The molecule has 0 spiro atoms. The first-order valence-electron chi connectivity index (χ1n) is 10.6. The normalized spacial score (nSPS) is 22.2. The van der Waals surface area contributed by atoms with Crippen LogP contribution in [0.15, 0.2) is 42.9 Å². The lowest BCUT2D eigenvalue weighted by Gasteiger charge is -2.38. The smallest absolute Gasteiger partial charge is 0.166 e. The highest BCUT2D eigenvalue weighted by molar-refractivity contribution is 6.34. The SMILES string of the molecule is OCC1OC(c2nncn2-c2cc(Cl)ccc2Cl)CC(n2cc(-c3cc(F)c(Cl)c(F)c3)nn2)C1O. The predicted octanol–water partition coefficient (Wildman–Crippen LogP) is 4.19. The molecule has 14 heteroatoms. The summed E-state index contributed by atoms with van der Waals surface area (Å²) in [4.78, 5) is 0. The number of ether oxygens (including phenoxy) is 1. The Kier molecular flexibility index (Phi) is 6.95. The molecule has 9 nitrogen and oxygen atoms in total. The molecule has 0 amide bonds. The van der Waals surface area contributed by atoms with E-state index >= 15 is 0 Å². The summed E-state index contributed by atoms with van der Waals surface area (Å²) in [5.74, 6) is -1.52. The quantitative estimate of drug-likeness (QED) is 0.354. The second-order valence-electron chi connectivity index (χ2n) is 8.13. The minimum Gasteiger partial charge on any atom is -0.394 e. The van der Waals surface area contributed by atoms with Gasteiger partial charge < -0.3 is 14.9 Å². The molecule has 2 aromatic carbocycles.